The molecule has 0 radical (unpaired) electrons. The van der Waals surface area contributed by atoms with Crippen LogP contribution in [0.2, 0.25) is 0 Å². The summed E-state index contributed by atoms with van der Waals surface area (Å²) in [5.41, 5.74) is 7.20. The molecular formula is C21H29BN4O5S. The zero-order valence-corrected chi connectivity index (χ0v) is 19.3. The van der Waals surface area contributed by atoms with Gasteiger partial charge in [0.25, 0.3) is 5.69 Å². The number of amides is 1. The van der Waals surface area contributed by atoms with E-state index >= 15 is 0 Å². The van der Waals surface area contributed by atoms with Gasteiger partial charge in [0.1, 0.15) is 0 Å². The molecule has 0 aliphatic heterocycles. The number of benzene rings is 2. The maximum Gasteiger partial charge on any atom is 0.269 e. The highest BCUT2D eigenvalue weighted by molar-refractivity contribution is 7.89. The lowest BCUT2D eigenvalue weighted by Gasteiger charge is -2.31. The molecule has 0 heterocycles. The molecule has 9 nitrogen and oxygen atoms in total. The minimum absolute atomic E-state index is 0.0170. The van der Waals surface area contributed by atoms with Gasteiger partial charge in [-0.2, -0.15) is 4.31 Å². The quantitative estimate of drug-likeness (QED) is 0.297. The second-order valence-corrected chi connectivity index (χ2v) is 10.1. The van der Waals surface area contributed by atoms with E-state index in [4.69, 9.17) is 5.73 Å². The number of non-ortho nitro benzene ring substituents is 1. The molecule has 1 amide bonds. The minimum Gasteiger partial charge on any atom is -0.361 e. The molecule has 2 aromatic carbocycles. The molecule has 0 unspecified atom stereocenters. The van der Waals surface area contributed by atoms with E-state index in [2.05, 4.69) is 5.32 Å². The number of hydrogen-bond donors (Lipinski definition) is 2. The molecule has 0 aromatic heterocycles. The van der Waals surface area contributed by atoms with Crippen molar-refractivity contribution in [3.05, 3.63) is 70.3 Å². The second-order valence-electron chi connectivity index (χ2n) is 8.13. The highest BCUT2D eigenvalue weighted by Gasteiger charge is 2.30. The molecule has 0 bridgehead atoms. The van der Waals surface area contributed by atoms with E-state index in [-0.39, 0.29) is 35.4 Å². The summed E-state index contributed by atoms with van der Waals surface area (Å²) >= 11 is 0. The molecule has 0 saturated carbocycles. The van der Waals surface area contributed by atoms with Gasteiger partial charge in [0.05, 0.1) is 9.82 Å². The van der Waals surface area contributed by atoms with E-state index in [1.54, 1.807) is 0 Å². The van der Waals surface area contributed by atoms with Gasteiger partial charge < -0.3 is 11.1 Å². The van der Waals surface area contributed by atoms with Crippen molar-refractivity contribution in [1.29, 1.82) is 0 Å². The number of nitrogens with two attached hydrogens (primary N) is 1. The Morgan fingerprint density at radius 2 is 1.72 bits per heavy atom. The van der Waals surface area contributed by atoms with Crippen molar-refractivity contribution in [3.63, 3.8) is 0 Å². The number of carbonyl (C=O) groups is 1. The van der Waals surface area contributed by atoms with Gasteiger partial charge in [-0.3, -0.25) is 14.9 Å². The number of nitrogens with one attached hydrogen (secondary N) is 1. The highest BCUT2D eigenvalue weighted by Crippen LogP contribution is 2.21. The fourth-order valence-electron chi connectivity index (χ4n) is 3.37. The van der Waals surface area contributed by atoms with Crippen molar-refractivity contribution in [3.8, 4) is 0 Å². The Hall–Kier alpha value is -2.76. The Balaban J connectivity index is 2.29. The highest BCUT2D eigenvalue weighted by atomic mass is 32.2. The number of hydrogen-bond acceptors (Lipinski definition) is 6. The number of nitrogens with zero attached hydrogens (tertiary/aromatic N) is 2. The van der Waals surface area contributed by atoms with E-state index < -0.39 is 27.0 Å². The zero-order chi connectivity index (χ0) is 23.9. The van der Waals surface area contributed by atoms with Crippen LogP contribution in [0.3, 0.4) is 0 Å². The van der Waals surface area contributed by atoms with Crippen molar-refractivity contribution in [2.75, 3.05) is 13.1 Å². The van der Waals surface area contributed by atoms with Gasteiger partial charge in [-0.1, -0.05) is 44.2 Å². The monoisotopic (exact) mass is 460 g/mol. The summed E-state index contributed by atoms with van der Waals surface area (Å²) in [4.78, 5) is 22.0. The first kappa shape index (κ1) is 25.5. The fourth-order valence-corrected chi connectivity index (χ4v) is 5.01. The third kappa shape index (κ3) is 7.15. The Morgan fingerprint density at radius 3 is 2.22 bits per heavy atom. The summed E-state index contributed by atoms with van der Waals surface area (Å²) in [5, 5.41) is 13.7. The molecule has 0 saturated heterocycles. The van der Waals surface area contributed by atoms with Crippen molar-refractivity contribution in [2.45, 2.75) is 37.2 Å². The van der Waals surface area contributed by atoms with Crippen molar-refractivity contribution < 1.29 is 18.1 Å². The molecule has 2 rings (SSSR count). The van der Waals surface area contributed by atoms with E-state index in [1.165, 1.54) is 24.3 Å². The number of sulfonamides is 1. The first-order chi connectivity index (χ1) is 15.0. The number of nitro benzene ring substituents is 1. The molecule has 0 spiro atoms. The molecule has 3 N–H and O–H groups in total. The third-order valence-corrected chi connectivity index (χ3v) is 6.72. The molecule has 11 heteroatoms. The molecule has 0 aliphatic carbocycles. The van der Waals surface area contributed by atoms with Gasteiger partial charge in [-0.25, -0.2) is 8.42 Å². The molecular weight excluding hydrogens is 431 g/mol. The summed E-state index contributed by atoms with van der Waals surface area (Å²) in [6.45, 7) is 3.97. The molecule has 0 aliphatic rings. The van der Waals surface area contributed by atoms with Crippen molar-refractivity contribution in [2.24, 2.45) is 11.7 Å². The van der Waals surface area contributed by atoms with Gasteiger partial charge in [0.15, 0.2) is 5.81 Å². The molecule has 2 atom stereocenters. The van der Waals surface area contributed by atoms with Crippen LogP contribution < -0.4 is 11.1 Å². The van der Waals surface area contributed by atoms with Crippen molar-refractivity contribution in [1.82, 2.24) is 9.62 Å². The maximum atomic E-state index is 13.3. The van der Waals surface area contributed by atoms with Gasteiger partial charge in [-0.05, 0) is 30.0 Å². The Kier molecular flexibility index (Phi) is 8.94. The standard InChI is InChI=1S/C21H29BN4O5S/c1-15(2)13-25(32(30,31)18-10-8-17(9-11-18)26(28)29)14-19(23)20(24-21(22)27)12-16-6-4-3-5-7-16/h3-11,15,19-20H,12-14,22-23H2,1-2H3,(H,24,27)/t19-,20+/m1/s1. The summed E-state index contributed by atoms with van der Waals surface area (Å²) < 4.78 is 27.9. The largest absolute Gasteiger partial charge is 0.361 e. The van der Waals surface area contributed by atoms with Crippen LogP contribution in [-0.2, 0) is 16.4 Å². The Bertz CT molecular complexity index is 1020. The molecule has 0 fully saturated rings. The van der Waals surface area contributed by atoms with E-state index in [1.807, 2.05) is 44.2 Å². The van der Waals surface area contributed by atoms with Gasteiger partial charge in [0, 0.05) is 37.3 Å². The number of nitro groups is 1. The zero-order valence-electron chi connectivity index (χ0n) is 18.5. The predicted octanol–water partition coefficient (Wildman–Crippen LogP) is 1.52. The smallest absolute Gasteiger partial charge is 0.269 e. The first-order valence-electron chi connectivity index (χ1n) is 10.3. The topological polar surface area (TPSA) is 136 Å². The van der Waals surface area contributed by atoms with Crippen LogP contribution in [0.15, 0.2) is 59.5 Å². The van der Waals surface area contributed by atoms with Crippen LogP contribution in [0.1, 0.15) is 19.4 Å². The third-order valence-electron chi connectivity index (χ3n) is 4.87. The van der Waals surface area contributed by atoms with Crippen LogP contribution >= 0.6 is 0 Å². The van der Waals surface area contributed by atoms with Crippen LogP contribution in [0.25, 0.3) is 0 Å². The number of carbonyl (C=O) groups excluding carboxylic acids is 1. The maximum absolute atomic E-state index is 13.3. The molecule has 32 heavy (non-hydrogen) atoms. The van der Waals surface area contributed by atoms with Crippen LogP contribution in [0.5, 0.6) is 0 Å². The summed E-state index contributed by atoms with van der Waals surface area (Å²) in [6.07, 6.45) is 0.453. The summed E-state index contributed by atoms with van der Waals surface area (Å²) in [5.74, 6) is -0.238. The lowest BCUT2D eigenvalue weighted by Crippen LogP contribution is -2.54. The van der Waals surface area contributed by atoms with Crippen LogP contribution in [0.4, 0.5) is 10.5 Å². The summed E-state index contributed by atoms with van der Waals surface area (Å²) in [6, 6.07) is 13.1. The lowest BCUT2D eigenvalue weighted by molar-refractivity contribution is -0.384. The van der Waals surface area contributed by atoms with E-state index in [0.29, 0.717) is 6.42 Å². The predicted molar refractivity (Wildman–Crippen MR) is 126 cm³/mol. The van der Waals surface area contributed by atoms with Gasteiger partial charge in [0.2, 0.25) is 17.9 Å². The Morgan fingerprint density at radius 1 is 1.12 bits per heavy atom. The average molecular weight is 460 g/mol. The van der Waals surface area contributed by atoms with Crippen LogP contribution in [0, 0.1) is 16.0 Å². The molecule has 172 valence electrons. The summed E-state index contributed by atoms with van der Waals surface area (Å²) in [7, 11) is -2.56. The normalized spacial score (nSPS) is 13.7. The first-order valence-corrected chi connectivity index (χ1v) is 11.8. The van der Waals surface area contributed by atoms with Crippen molar-refractivity contribution >= 4 is 29.4 Å². The lowest BCUT2D eigenvalue weighted by atomic mass is 9.97. The van der Waals surface area contributed by atoms with Gasteiger partial charge in [-0.15, -0.1) is 0 Å². The minimum atomic E-state index is -3.95. The second kappa shape index (κ2) is 11.2. The Labute approximate surface area is 189 Å². The fraction of sp³-hybridized carbons (Fsp3) is 0.381. The van der Waals surface area contributed by atoms with Crippen LogP contribution in [-0.4, -0.2) is 56.5 Å². The van der Waals surface area contributed by atoms with Gasteiger partial charge >= 0.3 is 0 Å². The van der Waals surface area contributed by atoms with E-state index in [0.717, 1.165) is 17.7 Å². The SMILES string of the molecule is BC(=O)N[C@@H](Cc1ccccc1)[C@H](N)CN(CC(C)C)S(=O)(=O)c1ccc([N+](=O)[O-])cc1. The molecule has 2 aromatic rings. The van der Waals surface area contributed by atoms with E-state index in [9.17, 15) is 23.3 Å². The number of rotatable bonds is 11. The average Bonchev–Trinajstić information content (AvgIpc) is 2.73.